The molecular formula is C48H53F3N10O7. The predicted octanol–water partition coefficient (Wildman–Crippen LogP) is 7.45. The number of carbonyl (C=O) groups excluding carboxylic acids is 5. The molecule has 6 rings (SSSR count). The molecule has 0 radical (unpaired) electrons. The van der Waals surface area contributed by atoms with E-state index in [-0.39, 0.29) is 54.3 Å². The molecule has 0 aliphatic heterocycles. The second-order valence-electron chi connectivity index (χ2n) is 17.0. The molecule has 2 amide bonds. The maximum absolute atomic E-state index is 13.1. The van der Waals surface area contributed by atoms with E-state index in [9.17, 15) is 47.7 Å². The SMILES string of the molecule is COc1cccc2[nH]c(C(=O)C[C@@H](CC(C)C)C(=O)N[C@H](C#N)Cc3cnc[nH]3)cc12.COc1cccc2[nH]c(C(=O)C[C@@H](CC(C)C)C(=O)N[C@H](C#N)Cc3cncn3C(=O)C(F)(F)F)cc12. The summed E-state index contributed by atoms with van der Waals surface area (Å²) in [6, 6.07) is 16.3. The Morgan fingerprint density at radius 2 is 1.22 bits per heavy atom. The largest absolute Gasteiger partial charge is 0.496 e. The van der Waals surface area contributed by atoms with Gasteiger partial charge >= 0.3 is 12.1 Å². The van der Waals surface area contributed by atoms with Crippen LogP contribution in [0, 0.1) is 46.3 Å². The average Bonchev–Trinajstić information content (AvgIpc) is 4.14. The zero-order valence-electron chi connectivity index (χ0n) is 38.4. The number of benzene rings is 2. The van der Waals surface area contributed by atoms with Gasteiger partial charge in [-0.15, -0.1) is 0 Å². The lowest BCUT2D eigenvalue weighted by molar-refractivity contribution is -0.126. The lowest BCUT2D eigenvalue weighted by Gasteiger charge is -2.20. The smallest absolute Gasteiger partial charge is 0.472 e. The number of nitrogens with zero attached hydrogens (tertiary/aromatic N) is 5. The topological polar surface area (TPSA) is 254 Å². The van der Waals surface area contributed by atoms with Crippen molar-refractivity contribution < 1.29 is 46.6 Å². The van der Waals surface area contributed by atoms with Gasteiger partial charge in [0, 0.05) is 83.1 Å². The van der Waals surface area contributed by atoms with Crippen molar-refractivity contribution in [3.63, 3.8) is 0 Å². The Hall–Kier alpha value is -7.74. The van der Waals surface area contributed by atoms with Gasteiger partial charge in [0.2, 0.25) is 11.8 Å². The third-order valence-corrected chi connectivity index (χ3v) is 10.9. The number of nitriles is 2. The number of hydrogen-bond donors (Lipinski definition) is 5. The first-order valence-electron chi connectivity index (χ1n) is 21.7. The van der Waals surface area contributed by atoms with Crippen LogP contribution in [0.4, 0.5) is 13.2 Å². The molecule has 0 saturated heterocycles. The van der Waals surface area contributed by atoms with E-state index in [0.717, 1.165) is 22.8 Å². The molecule has 17 nitrogen and oxygen atoms in total. The number of ketones is 2. The maximum Gasteiger partial charge on any atom is 0.472 e. The van der Waals surface area contributed by atoms with Crippen LogP contribution in [0.2, 0.25) is 0 Å². The fourth-order valence-electron chi connectivity index (χ4n) is 7.74. The third kappa shape index (κ3) is 13.4. The second-order valence-corrected chi connectivity index (χ2v) is 17.0. The van der Waals surface area contributed by atoms with E-state index in [4.69, 9.17) is 9.47 Å². The summed E-state index contributed by atoms with van der Waals surface area (Å²) < 4.78 is 49.5. The number of amides is 2. The minimum atomic E-state index is -5.13. The first-order chi connectivity index (χ1) is 32.3. The standard InChI is InChI=1S/C25H26F3N5O4.C23H27N5O3/c1-14(2)7-15(8-21(34)20-10-18-19(32-20)5-4-6-22(18)37-3)23(35)31-16(11-29)9-17-12-30-13-33(17)24(36)25(26,27)28;1-14(2)7-15(23(30)27-16(11-24)9-17-12-25-13-26-17)8-21(29)20-10-18-19(28-20)5-4-6-22(18)31-3/h4-6,10,12-16,32H,7-9H2,1-3H3,(H,31,35);4-6,10,12-16,28H,7-9H2,1-3H3,(H,25,26)(H,27,30)/t2*15-,16+/m11/s1. The van der Waals surface area contributed by atoms with Crippen molar-refractivity contribution >= 4 is 51.1 Å². The van der Waals surface area contributed by atoms with Gasteiger partial charge in [0.15, 0.2) is 11.6 Å². The van der Waals surface area contributed by atoms with Crippen LogP contribution in [0.5, 0.6) is 11.5 Å². The number of Topliss-reactive ketones (excluding diaryl/α,β-unsaturated/α-hetero) is 2. The van der Waals surface area contributed by atoms with Gasteiger partial charge in [-0.2, -0.15) is 23.7 Å². The first-order valence-corrected chi connectivity index (χ1v) is 21.7. The van der Waals surface area contributed by atoms with Crippen molar-refractivity contribution in [2.75, 3.05) is 14.2 Å². The van der Waals surface area contributed by atoms with Crippen molar-refractivity contribution in [2.24, 2.45) is 23.7 Å². The molecule has 0 aliphatic rings. The van der Waals surface area contributed by atoms with Crippen molar-refractivity contribution in [2.45, 2.75) is 84.5 Å². The molecular weight excluding hydrogens is 886 g/mol. The highest BCUT2D eigenvalue weighted by Gasteiger charge is 2.41. The molecule has 0 fully saturated rings. The molecule has 4 heterocycles. The van der Waals surface area contributed by atoms with E-state index >= 15 is 0 Å². The molecule has 6 aromatic rings. The lowest BCUT2D eigenvalue weighted by atomic mass is 9.90. The quantitative estimate of drug-likeness (QED) is 0.0470. The number of fused-ring (bicyclic) bond motifs is 2. The molecule has 0 saturated carbocycles. The zero-order valence-corrected chi connectivity index (χ0v) is 38.4. The second kappa shape index (κ2) is 23.1. The maximum atomic E-state index is 13.1. The summed E-state index contributed by atoms with van der Waals surface area (Å²) in [5, 5.41) is 25.8. The molecule has 0 unspecified atom stereocenters. The molecule has 68 heavy (non-hydrogen) atoms. The summed E-state index contributed by atoms with van der Waals surface area (Å²) in [6.07, 6.45) is 0.487. The monoisotopic (exact) mass is 938 g/mol. The van der Waals surface area contributed by atoms with Crippen LogP contribution in [-0.2, 0) is 22.4 Å². The van der Waals surface area contributed by atoms with Crippen LogP contribution < -0.4 is 20.1 Å². The van der Waals surface area contributed by atoms with Crippen LogP contribution in [0.15, 0.2) is 73.6 Å². The summed E-state index contributed by atoms with van der Waals surface area (Å²) in [5.41, 5.74) is 2.81. The Bertz CT molecular complexity index is 2790. The van der Waals surface area contributed by atoms with E-state index in [1.807, 2.05) is 52.0 Å². The molecule has 4 aromatic heterocycles. The Kier molecular flexibility index (Phi) is 17.4. The van der Waals surface area contributed by atoms with Crippen molar-refractivity contribution in [3.8, 4) is 23.6 Å². The Labute approximate surface area is 389 Å². The number of aromatic amines is 3. The number of nitrogens with one attached hydrogen (secondary N) is 5. The van der Waals surface area contributed by atoms with Gasteiger partial charge in [-0.05, 0) is 61.1 Å². The summed E-state index contributed by atoms with van der Waals surface area (Å²) in [6.45, 7) is 7.76. The Morgan fingerprint density at radius 3 is 1.63 bits per heavy atom. The van der Waals surface area contributed by atoms with E-state index in [1.165, 1.54) is 13.4 Å². The molecule has 0 spiro atoms. The molecule has 5 N–H and O–H groups in total. The normalized spacial score (nSPS) is 13.1. The van der Waals surface area contributed by atoms with Crippen molar-refractivity contribution in [3.05, 3.63) is 96.4 Å². The van der Waals surface area contributed by atoms with Crippen LogP contribution >= 0.6 is 0 Å². The van der Waals surface area contributed by atoms with Gasteiger partial charge in [0.05, 0.1) is 44.1 Å². The van der Waals surface area contributed by atoms with E-state index < -0.39 is 41.9 Å². The number of imidazole rings is 2. The van der Waals surface area contributed by atoms with E-state index in [0.29, 0.717) is 63.9 Å². The summed E-state index contributed by atoms with van der Waals surface area (Å²) in [7, 11) is 3.10. The average molecular weight is 939 g/mol. The molecule has 0 bridgehead atoms. The number of hydrogen-bond acceptors (Lipinski definition) is 11. The van der Waals surface area contributed by atoms with E-state index in [1.54, 1.807) is 43.6 Å². The van der Waals surface area contributed by atoms with Crippen LogP contribution in [0.25, 0.3) is 21.8 Å². The minimum Gasteiger partial charge on any atom is -0.496 e. The molecule has 20 heteroatoms. The van der Waals surface area contributed by atoms with E-state index in [2.05, 4.69) is 41.6 Å². The number of carbonyl (C=O) groups is 5. The van der Waals surface area contributed by atoms with Gasteiger partial charge in [-0.25, -0.2) is 9.97 Å². The Balaban J connectivity index is 0.000000258. The van der Waals surface area contributed by atoms with Crippen molar-refractivity contribution in [1.82, 2.24) is 40.1 Å². The molecule has 2 aromatic carbocycles. The summed E-state index contributed by atoms with van der Waals surface area (Å²) in [4.78, 5) is 80.3. The fraction of sp³-hybridized carbons (Fsp3) is 0.396. The predicted molar refractivity (Wildman–Crippen MR) is 243 cm³/mol. The number of aromatic nitrogens is 6. The number of alkyl halides is 3. The zero-order chi connectivity index (χ0) is 49.7. The van der Waals surface area contributed by atoms with Gasteiger partial charge < -0.3 is 35.1 Å². The highest BCUT2D eigenvalue weighted by atomic mass is 19.4. The molecule has 0 aliphatic carbocycles. The summed E-state index contributed by atoms with van der Waals surface area (Å²) in [5.74, 6) is -3.29. The number of ether oxygens (including phenoxy) is 2. The lowest BCUT2D eigenvalue weighted by Crippen LogP contribution is -2.41. The van der Waals surface area contributed by atoms with Crippen LogP contribution in [-0.4, -0.2) is 91.3 Å². The highest BCUT2D eigenvalue weighted by molar-refractivity contribution is 6.03. The van der Waals surface area contributed by atoms with Gasteiger partial charge in [0.1, 0.15) is 29.9 Å². The summed E-state index contributed by atoms with van der Waals surface area (Å²) >= 11 is 0. The molecule has 358 valence electrons. The minimum absolute atomic E-state index is 0.0396. The number of rotatable bonds is 20. The van der Waals surface area contributed by atoms with Gasteiger partial charge in [0.25, 0.3) is 0 Å². The fourth-order valence-corrected chi connectivity index (χ4v) is 7.74. The number of methoxy groups -OCH3 is 2. The van der Waals surface area contributed by atoms with Gasteiger partial charge in [-0.3, -0.25) is 28.5 Å². The van der Waals surface area contributed by atoms with Crippen molar-refractivity contribution in [1.29, 1.82) is 10.5 Å². The number of halogens is 3. The number of H-pyrrole nitrogens is 3. The third-order valence-electron chi connectivity index (χ3n) is 10.9. The Morgan fingerprint density at radius 1 is 0.735 bits per heavy atom. The highest BCUT2D eigenvalue weighted by Crippen LogP contribution is 2.30. The first kappa shape index (κ1) is 51.2. The van der Waals surface area contributed by atoms with Gasteiger partial charge in [-0.1, -0.05) is 39.8 Å². The van der Waals surface area contributed by atoms with Crippen LogP contribution in [0.3, 0.4) is 0 Å². The molecule has 4 atom stereocenters. The van der Waals surface area contributed by atoms with Crippen LogP contribution in [0.1, 0.15) is 90.5 Å².